The van der Waals surface area contributed by atoms with Crippen LogP contribution < -0.4 is 5.73 Å². The zero-order valence-corrected chi connectivity index (χ0v) is 12.3. The molecule has 1 saturated heterocycles. The van der Waals surface area contributed by atoms with Crippen LogP contribution in [-0.2, 0) is 21.5 Å². The van der Waals surface area contributed by atoms with E-state index < -0.39 is 6.04 Å². The van der Waals surface area contributed by atoms with Crippen molar-refractivity contribution in [2.45, 2.75) is 51.6 Å². The predicted octanol–water partition coefficient (Wildman–Crippen LogP) is 1.42. The molecule has 2 amide bonds. The highest BCUT2D eigenvalue weighted by Gasteiger charge is 2.32. The number of nitrogens with zero attached hydrogens (tertiary/aromatic N) is 2. The lowest BCUT2D eigenvalue weighted by Crippen LogP contribution is -2.50. The minimum Gasteiger partial charge on any atom is -0.320 e. The fourth-order valence-corrected chi connectivity index (χ4v) is 2.90. The number of hydrogen-bond donors (Lipinski definition) is 1. The molecule has 1 aromatic heterocycles. The van der Waals surface area contributed by atoms with Crippen LogP contribution in [-0.4, -0.2) is 27.7 Å². The number of likely N-dealkylation sites (tertiary alicyclic amines) is 1. The molecular formula is C13H19N3O2S. The number of nitrogens with two attached hydrogens (primary N) is 1. The third-order valence-electron chi connectivity index (χ3n) is 3.17. The average Bonchev–Trinajstić information content (AvgIpc) is 2.78. The summed E-state index contributed by atoms with van der Waals surface area (Å²) in [7, 11) is 0. The molecule has 1 fully saturated rings. The lowest BCUT2D eigenvalue weighted by atomic mass is 9.93. The minimum absolute atomic E-state index is 0.0267. The molecule has 2 N–H and O–H groups in total. The van der Waals surface area contributed by atoms with Crippen LogP contribution in [0.25, 0.3) is 0 Å². The molecule has 0 aliphatic carbocycles. The Morgan fingerprint density at radius 3 is 2.74 bits per heavy atom. The normalized spacial score (nSPS) is 21.1. The van der Waals surface area contributed by atoms with Crippen molar-refractivity contribution in [2.75, 3.05) is 0 Å². The Balaban J connectivity index is 2.14. The van der Waals surface area contributed by atoms with Crippen molar-refractivity contribution < 1.29 is 9.59 Å². The smallest absolute Gasteiger partial charge is 0.246 e. The first-order valence-electron chi connectivity index (χ1n) is 6.33. The molecule has 0 bridgehead atoms. The number of rotatable bonds is 2. The van der Waals surface area contributed by atoms with Crippen LogP contribution in [0.15, 0.2) is 5.38 Å². The lowest BCUT2D eigenvalue weighted by molar-refractivity contribution is -0.149. The van der Waals surface area contributed by atoms with Crippen molar-refractivity contribution >= 4 is 23.2 Å². The largest absolute Gasteiger partial charge is 0.320 e. The van der Waals surface area contributed by atoms with E-state index in [-0.39, 0.29) is 23.8 Å². The Morgan fingerprint density at radius 1 is 1.47 bits per heavy atom. The van der Waals surface area contributed by atoms with E-state index in [0.29, 0.717) is 12.8 Å². The van der Waals surface area contributed by atoms with Crippen LogP contribution in [0.2, 0.25) is 0 Å². The number of carbonyl (C=O) groups excluding carboxylic acids is 2. The number of thiazole rings is 1. The number of imide groups is 1. The fourth-order valence-electron chi connectivity index (χ4n) is 1.89. The average molecular weight is 281 g/mol. The van der Waals surface area contributed by atoms with Gasteiger partial charge in [0.1, 0.15) is 5.01 Å². The number of aromatic nitrogens is 1. The van der Waals surface area contributed by atoms with Gasteiger partial charge in [-0.05, 0) is 6.42 Å². The zero-order chi connectivity index (χ0) is 14.2. The Kier molecular flexibility index (Phi) is 3.73. The molecule has 2 heterocycles. The summed E-state index contributed by atoms with van der Waals surface area (Å²) in [6.07, 6.45) is 0.781. The van der Waals surface area contributed by atoms with Gasteiger partial charge in [-0.15, -0.1) is 11.3 Å². The molecule has 5 nitrogen and oxygen atoms in total. The summed E-state index contributed by atoms with van der Waals surface area (Å²) in [5, 5.41) is 2.76. The molecule has 0 spiro atoms. The van der Waals surface area contributed by atoms with Crippen LogP contribution in [0, 0.1) is 0 Å². The zero-order valence-electron chi connectivity index (χ0n) is 11.5. The Labute approximate surface area is 116 Å². The Bertz CT molecular complexity index is 504. The number of piperidine rings is 1. The molecule has 0 aromatic carbocycles. The van der Waals surface area contributed by atoms with Crippen molar-refractivity contribution in [1.82, 2.24) is 9.88 Å². The number of carbonyl (C=O) groups is 2. The van der Waals surface area contributed by atoms with E-state index in [1.807, 2.05) is 5.38 Å². The second-order valence-electron chi connectivity index (χ2n) is 5.84. The number of hydrogen-bond acceptors (Lipinski definition) is 5. The highest BCUT2D eigenvalue weighted by atomic mass is 32.1. The van der Waals surface area contributed by atoms with Gasteiger partial charge in [-0.25, -0.2) is 4.98 Å². The topological polar surface area (TPSA) is 76.3 Å². The van der Waals surface area contributed by atoms with E-state index in [1.165, 1.54) is 16.2 Å². The van der Waals surface area contributed by atoms with Crippen LogP contribution in [0.1, 0.15) is 44.3 Å². The van der Waals surface area contributed by atoms with Crippen LogP contribution in [0.3, 0.4) is 0 Å². The van der Waals surface area contributed by atoms with Gasteiger partial charge in [0.05, 0.1) is 18.3 Å². The van der Waals surface area contributed by atoms with Gasteiger partial charge < -0.3 is 5.73 Å². The van der Waals surface area contributed by atoms with E-state index in [1.54, 1.807) is 0 Å². The van der Waals surface area contributed by atoms with Crippen LogP contribution >= 0.6 is 11.3 Å². The maximum absolute atomic E-state index is 11.9. The molecule has 0 saturated carbocycles. The molecule has 104 valence electrons. The van der Waals surface area contributed by atoms with Gasteiger partial charge in [-0.2, -0.15) is 0 Å². The summed E-state index contributed by atoms with van der Waals surface area (Å²) in [6, 6.07) is -0.556. The summed E-state index contributed by atoms with van der Waals surface area (Å²) in [4.78, 5) is 29.4. The van der Waals surface area contributed by atoms with Crippen molar-refractivity contribution in [3.63, 3.8) is 0 Å². The SMILES string of the molecule is CC(C)(C)c1csc(CN2C(=O)CCC(N)C2=O)n1. The highest BCUT2D eigenvalue weighted by Crippen LogP contribution is 2.25. The highest BCUT2D eigenvalue weighted by molar-refractivity contribution is 7.09. The van der Waals surface area contributed by atoms with E-state index in [9.17, 15) is 9.59 Å². The second kappa shape index (κ2) is 5.02. The lowest BCUT2D eigenvalue weighted by Gasteiger charge is -2.27. The quantitative estimate of drug-likeness (QED) is 0.832. The molecule has 1 aliphatic heterocycles. The second-order valence-corrected chi connectivity index (χ2v) is 6.78. The standard InChI is InChI=1S/C13H19N3O2S/c1-13(2,3)9-7-19-10(15-9)6-16-11(17)5-4-8(14)12(16)18/h7-8H,4-6,14H2,1-3H3. The molecule has 1 unspecified atom stereocenters. The van der Waals surface area contributed by atoms with Crippen molar-refractivity contribution in [1.29, 1.82) is 0 Å². The first kappa shape index (κ1) is 14.1. The maximum Gasteiger partial charge on any atom is 0.246 e. The van der Waals surface area contributed by atoms with E-state index in [2.05, 4.69) is 25.8 Å². The van der Waals surface area contributed by atoms with Gasteiger partial charge in [0.15, 0.2) is 0 Å². The minimum atomic E-state index is -0.556. The molecule has 6 heteroatoms. The Morgan fingerprint density at radius 2 is 2.16 bits per heavy atom. The molecule has 1 aromatic rings. The van der Waals surface area contributed by atoms with Crippen molar-refractivity contribution in [3.8, 4) is 0 Å². The molecule has 1 atom stereocenters. The summed E-state index contributed by atoms with van der Waals surface area (Å²) >= 11 is 1.48. The van der Waals surface area contributed by atoms with Gasteiger partial charge in [-0.3, -0.25) is 14.5 Å². The maximum atomic E-state index is 11.9. The third kappa shape index (κ3) is 3.01. The van der Waals surface area contributed by atoms with Gasteiger partial charge in [0.25, 0.3) is 0 Å². The molecular weight excluding hydrogens is 262 g/mol. The fraction of sp³-hybridized carbons (Fsp3) is 0.615. The summed E-state index contributed by atoms with van der Waals surface area (Å²) in [5.41, 5.74) is 6.65. The molecule has 1 aliphatic rings. The Hall–Kier alpha value is -1.27. The van der Waals surface area contributed by atoms with Gasteiger partial charge >= 0.3 is 0 Å². The van der Waals surface area contributed by atoms with Gasteiger partial charge in [0, 0.05) is 17.2 Å². The first-order valence-corrected chi connectivity index (χ1v) is 7.21. The van der Waals surface area contributed by atoms with Crippen LogP contribution in [0.5, 0.6) is 0 Å². The monoisotopic (exact) mass is 281 g/mol. The first-order chi connectivity index (χ1) is 8.79. The van der Waals surface area contributed by atoms with E-state index in [0.717, 1.165) is 10.7 Å². The van der Waals surface area contributed by atoms with Gasteiger partial charge in [-0.1, -0.05) is 20.8 Å². The van der Waals surface area contributed by atoms with Crippen LogP contribution in [0.4, 0.5) is 0 Å². The van der Waals surface area contributed by atoms with Crippen molar-refractivity contribution in [2.24, 2.45) is 5.73 Å². The summed E-state index contributed by atoms with van der Waals surface area (Å²) < 4.78 is 0. The molecule has 19 heavy (non-hydrogen) atoms. The third-order valence-corrected chi connectivity index (χ3v) is 4.00. The predicted molar refractivity (Wildman–Crippen MR) is 73.6 cm³/mol. The summed E-state index contributed by atoms with van der Waals surface area (Å²) in [5.74, 6) is -0.442. The van der Waals surface area contributed by atoms with E-state index in [4.69, 9.17) is 5.73 Å². The van der Waals surface area contributed by atoms with Gasteiger partial charge in [0.2, 0.25) is 11.8 Å². The summed E-state index contributed by atoms with van der Waals surface area (Å²) in [6.45, 7) is 6.49. The number of amides is 2. The molecule has 0 radical (unpaired) electrons. The van der Waals surface area contributed by atoms with Crippen molar-refractivity contribution in [3.05, 3.63) is 16.1 Å². The van der Waals surface area contributed by atoms with E-state index >= 15 is 0 Å². The molecule has 2 rings (SSSR count).